The molecule has 0 aliphatic heterocycles. The van der Waals surface area contributed by atoms with Crippen LogP contribution in [0.4, 0.5) is 0 Å². The van der Waals surface area contributed by atoms with E-state index >= 15 is 0 Å². The van der Waals surface area contributed by atoms with E-state index in [-0.39, 0.29) is 0 Å². The number of hydrogen-bond donors (Lipinski definition) is 1. The smallest absolute Gasteiger partial charge is 0.0544 e. The molecule has 3 nitrogen and oxygen atoms in total. The average Bonchev–Trinajstić information content (AvgIpc) is 2.43. The van der Waals surface area contributed by atoms with Gasteiger partial charge in [0.2, 0.25) is 0 Å². The van der Waals surface area contributed by atoms with Gasteiger partial charge in [0.1, 0.15) is 0 Å². The molecule has 108 valence electrons. The van der Waals surface area contributed by atoms with Crippen LogP contribution in [0.3, 0.4) is 0 Å². The van der Waals surface area contributed by atoms with Gasteiger partial charge in [0.05, 0.1) is 5.69 Å². The maximum Gasteiger partial charge on any atom is 0.0544 e. The maximum atomic E-state index is 4.42. The second-order valence-electron chi connectivity index (χ2n) is 5.32. The quantitative estimate of drug-likeness (QED) is 0.742. The maximum absolute atomic E-state index is 4.42. The molecule has 1 N–H and O–H groups in total. The van der Waals surface area contributed by atoms with Crippen molar-refractivity contribution in [1.82, 2.24) is 15.2 Å². The molecule has 1 heterocycles. The lowest BCUT2D eigenvalue weighted by Gasteiger charge is -2.29. The van der Waals surface area contributed by atoms with E-state index in [1.807, 2.05) is 12.3 Å². The summed E-state index contributed by atoms with van der Waals surface area (Å²) in [5, 5.41) is 3.56. The Balaban J connectivity index is 2.45. The molecule has 0 bridgehead atoms. The zero-order valence-electron chi connectivity index (χ0n) is 12.9. The molecule has 0 amide bonds. The van der Waals surface area contributed by atoms with Crippen molar-refractivity contribution in [2.24, 2.45) is 0 Å². The minimum atomic E-state index is 0.575. The highest BCUT2D eigenvalue weighted by molar-refractivity contribution is 5.03. The number of nitrogens with one attached hydrogen (secondary N) is 1. The topological polar surface area (TPSA) is 28.2 Å². The SMILES string of the molecule is CCCNC(C)CC(C)N(CC)Cc1ccccn1. The van der Waals surface area contributed by atoms with Crippen LogP contribution in [-0.4, -0.2) is 35.1 Å². The molecule has 0 aromatic carbocycles. The Bertz CT molecular complexity index is 326. The van der Waals surface area contributed by atoms with Gasteiger partial charge in [0.15, 0.2) is 0 Å². The highest BCUT2D eigenvalue weighted by atomic mass is 15.2. The summed E-state index contributed by atoms with van der Waals surface area (Å²) in [7, 11) is 0. The predicted molar refractivity (Wildman–Crippen MR) is 82.2 cm³/mol. The highest BCUT2D eigenvalue weighted by Gasteiger charge is 2.15. The molecule has 0 aliphatic carbocycles. The van der Waals surface area contributed by atoms with Crippen molar-refractivity contribution in [1.29, 1.82) is 0 Å². The number of hydrogen-bond acceptors (Lipinski definition) is 3. The van der Waals surface area contributed by atoms with Crippen LogP contribution < -0.4 is 5.32 Å². The molecule has 0 saturated carbocycles. The van der Waals surface area contributed by atoms with Gasteiger partial charge in [-0.1, -0.05) is 19.9 Å². The molecule has 19 heavy (non-hydrogen) atoms. The summed E-state index contributed by atoms with van der Waals surface area (Å²) < 4.78 is 0. The first-order chi connectivity index (χ1) is 9.17. The van der Waals surface area contributed by atoms with Crippen LogP contribution in [0.5, 0.6) is 0 Å². The number of aromatic nitrogens is 1. The summed E-state index contributed by atoms with van der Waals surface area (Å²) in [5.74, 6) is 0. The molecule has 1 aromatic rings. The summed E-state index contributed by atoms with van der Waals surface area (Å²) >= 11 is 0. The fraction of sp³-hybridized carbons (Fsp3) is 0.688. The van der Waals surface area contributed by atoms with Crippen LogP contribution in [0.25, 0.3) is 0 Å². The van der Waals surface area contributed by atoms with Crippen LogP contribution >= 0.6 is 0 Å². The standard InChI is InChI=1S/C16H29N3/c1-5-10-17-14(3)12-15(4)19(6-2)13-16-9-7-8-11-18-16/h7-9,11,14-15,17H,5-6,10,12-13H2,1-4H3. The van der Waals surface area contributed by atoms with Crippen molar-refractivity contribution in [2.45, 2.75) is 59.2 Å². The van der Waals surface area contributed by atoms with Gasteiger partial charge in [-0.3, -0.25) is 9.88 Å². The molecule has 0 fully saturated rings. The molecule has 2 atom stereocenters. The van der Waals surface area contributed by atoms with Gasteiger partial charge in [0.25, 0.3) is 0 Å². The second-order valence-corrected chi connectivity index (χ2v) is 5.32. The average molecular weight is 263 g/mol. The Hall–Kier alpha value is -0.930. The van der Waals surface area contributed by atoms with Crippen molar-refractivity contribution in [3.63, 3.8) is 0 Å². The van der Waals surface area contributed by atoms with E-state index in [1.165, 1.54) is 12.8 Å². The first-order valence-corrected chi connectivity index (χ1v) is 7.54. The van der Waals surface area contributed by atoms with Crippen molar-refractivity contribution < 1.29 is 0 Å². The summed E-state index contributed by atoms with van der Waals surface area (Å²) in [6.45, 7) is 12.2. The molecular weight excluding hydrogens is 234 g/mol. The third-order valence-electron chi connectivity index (χ3n) is 3.56. The van der Waals surface area contributed by atoms with Crippen molar-refractivity contribution in [3.05, 3.63) is 30.1 Å². The third-order valence-corrected chi connectivity index (χ3v) is 3.56. The molecular formula is C16H29N3. The monoisotopic (exact) mass is 263 g/mol. The largest absolute Gasteiger partial charge is 0.314 e. The van der Waals surface area contributed by atoms with Gasteiger partial charge in [-0.05, 0) is 51.9 Å². The molecule has 2 unspecified atom stereocenters. The summed E-state index contributed by atoms with van der Waals surface area (Å²) in [5.41, 5.74) is 1.16. The molecule has 0 spiro atoms. The second kappa shape index (κ2) is 9.05. The Labute approximate surface area is 118 Å². The third kappa shape index (κ3) is 6.17. The minimum absolute atomic E-state index is 0.575. The first kappa shape index (κ1) is 16.1. The van der Waals surface area contributed by atoms with Gasteiger partial charge in [-0.25, -0.2) is 0 Å². The lowest BCUT2D eigenvalue weighted by atomic mass is 10.1. The van der Waals surface area contributed by atoms with Crippen molar-refractivity contribution in [2.75, 3.05) is 13.1 Å². The van der Waals surface area contributed by atoms with Gasteiger partial charge in [0, 0.05) is 24.8 Å². The Morgan fingerprint density at radius 2 is 2.05 bits per heavy atom. The van der Waals surface area contributed by atoms with Crippen LogP contribution in [0, 0.1) is 0 Å². The van der Waals surface area contributed by atoms with Crippen molar-refractivity contribution in [3.8, 4) is 0 Å². The van der Waals surface area contributed by atoms with E-state index in [1.54, 1.807) is 0 Å². The van der Waals surface area contributed by atoms with Crippen LogP contribution in [-0.2, 0) is 6.54 Å². The number of pyridine rings is 1. The number of nitrogens with zero attached hydrogens (tertiary/aromatic N) is 2. The molecule has 3 heteroatoms. The molecule has 1 rings (SSSR count). The zero-order valence-corrected chi connectivity index (χ0v) is 12.9. The van der Waals surface area contributed by atoms with Crippen LogP contribution in [0.15, 0.2) is 24.4 Å². The van der Waals surface area contributed by atoms with E-state index in [9.17, 15) is 0 Å². The van der Waals surface area contributed by atoms with E-state index < -0.39 is 0 Å². The fourth-order valence-corrected chi connectivity index (χ4v) is 2.41. The Morgan fingerprint density at radius 3 is 2.63 bits per heavy atom. The van der Waals surface area contributed by atoms with E-state index in [4.69, 9.17) is 0 Å². The van der Waals surface area contributed by atoms with Gasteiger partial charge >= 0.3 is 0 Å². The van der Waals surface area contributed by atoms with Crippen molar-refractivity contribution >= 4 is 0 Å². The Morgan fingerprint density at radius 1 is 1.26 bits per heavy atom. The molecule has 0 radical (unpaired) electrons. The normalized spacial score (nSPS) is 14.6. The minimum Gasteiger partial charge on any atom is -0.314 e. The molecule has 0 saturated heterocycles. The van der Waals surface area contributed by atoms with Gasteiger partial charge < -0.3 is 5.32 Å². The molecule has 1 aromatic heterocycles. The van der Waals surface area contributed by atoms with E-state index in [2.05, 4.69) is 55.0 Å². The predicted octanol–water partition coefficient (Wildman–Crippen LogP) is 3.07. The van der Waals surface area contributed by atoms with E-state index in [0.717, 1.165) is 25.3 Å². The first-order valence-electron chi connectivity index (χ1n) is 7.54. The van der Waals surface area contributed by atoms with Gasteiger partial charge in [-0.15, -0.1) is 0 Å². The lowest BCUT2D eigenvalue weighted by Crippen LogP contribution is -2.38. The van der Waals surface area contributed by atoms with E-state index in [0.29, 0.717) is 12.1 Å². The van der Waals surface area contributed by atoms with Crippen LogP contribution in [0.1, 0.15) is 46.2 Å². The number of rotatable bonds is 9. The highest BCUT2D eigenvalue weighted by Crippen LogP contribution is 2.10. The fourth-order valence-electron chi connectivity index (χ4n) is 2.41. The Kier molecular flexibility index (Phi) is 7.68. The summed E-state index contributed by atoms with van der Waals surface area (Å²) in [6.07, 6.45) is 4.25. The van der Waals surface area contributed by atoms with Crippen LogP contribution in [0.2, 0.25) is 0 Å². The lowest BCUT2D eigenvalue weighted by molar-refractivity contribution is 0.187. The molecule has 0 aliphatic rings. The summed E-state index contributed by atoms with van der Waals surface area (Å²) in [4.78, 5) is 6.91. The summed E-state index contributed by atoms with van der Waals surface area (Å²) in [6, 6.07) is 7.29. The zero-order chi connectivity index (χ0) is 14.1. The van der Waals surface area contributed by atoms with Gasteiger partial charge in [-0.2, -0.15) is 0 Å².